The summed E-state index contributed by atoms with van der Waals surface area (Å²) in [7, 11) is 1.98. The fourth-order valence-corrected chi connectivity index (χ4v) is 3.01. The molecule has 3 aromatic heterocycles. The van der Waals surface area contributed by atoms with E-state index in [0.717, 1.165) is 28.0 Å². The number of aryl methyl sites for hydroxylation is 1. The highest BCUT2D eigenvalue weighted by molar-refractivity contribution is 5.80. The molecule has 0 aliphatic carbocycles. The van der Waals surface area contributed by atoms with Crippen molar-refractivity contribution in [3.63, 3.8) is 0 Å². The molecule has 26 heavy (non-hydrogen) atoms. The van der Waals surface area contributed by atoms with Crippen LogP contribution in [0.1, 0.15) is 0 Å². The molecule has 0 radical (unpaired) electrons. The number of benzene rings is 2. The Morgan fingerprint density at radius 3 is 2.77 bits per heavy atom. The molecule has 0 aliphatic rings. The maximum atomic E-state index is 4.62. The number of nitrogens with zero attached hydrogens (tertiary/aromatic N) is 6. The van der Waals surface area contributed by atoms with E-state index in [1.165, 1.54) is 0 Å². The van der Waals surface area contributed by atoms with Crippen molar-refractivity contribution in [2.45, 2.75) is 0 Å². The van der Waals surface area contributed by atoms with Gasteiger partial charge in [0, 0.05) is 30.7 Å². The fraction of sp³-hybridized carbons (Fsp3) is 0.0526. The minimum atomic E-state index is 0.519. The molecule has 0 aliphatic heterocycles. The maximum Gasteiger partial charge on any atom is 0.247 e. The number of fused-ring (bicyclic) bond motifs is 2. The summed E-state index contributed by atoms with van der Waals surface area (Å²) in [5.74, 6) is 0.519. The Morgan fingerprint density at radius 2 is 1.88 bits per heavy atom. The van der Waals surface area contributed by atoms with Crippen LogP contribution in [0, 0.1) is 0 Å². The lowest BCUT2D eigenvalue weighted by atomic mass is 10.1. The van der Waals surface area contributed by atoms with Gasteiger partial charge in [-0.15, -0.1) is 5.10 Å². The van der Waals surface area contributed by atoms with Crippen molar-refractivity contribution < 1.29 is 0 Å². The number of hydrogen-bond acceptors (Lipinski definition) is 5. The molecule has 0 amide bonds. The van der Waals surface area contributed by atoms with E-state index in [2.05, 4.69) is 25.4 Å². The highest BCUT2D eigenvalue weighted by Crippen LogP contribution is 2.23. The smallest absolute Gasteiger partial charge is 0.247 e. The summed E-state index contributed by atoms with van der Waals surface area (Å²) in [6.07, 6.45) is 5.32. The largest absolute Gasteiger partial charge is 0.334 e. The molecule has 0 fully saturated rings. The topological polar surface area (TPSA) is 72.9 Å². The van der Waals surface area contributed by atoms with Crippen molar-refractivity contribution in [2.75, 3.05) is 5.32 Å². The summed E-state index contributed by atoms with van der Waals surface area (Å²) in [5, 5.41) is 7.76. The Morgan fingerprint density at radius 1 is 1.00 bits per heavy atom. The first-order valence-electron chi connectivity index (χ1n) is 8.23. The van der Waals surface area contributed by atoms with Gasteiger partial charge in [-0.2, -0.15) is 4.98 Å². The van der Waals surface area contributed by atoms with Crippen molar-refractivity contribution in [1.82, 2.24) is 29.1 Å². The molecule has 0 spiro atoms. The van der Waals surface area contributed by atoms with E-state index in [0.29, 0.717) is 11.6 Å². The van der Waals surface area contributed by atoms with Gasteiger partial charge in [0.1, 0.15) is 5.69 Å². The molecule has 0 saturated carbocycles. The second-order valence-electron chi connectivity index (χ2n) is 6.03. The first-order chi connectivity index (χ1) is 12.8. The molecule has 0 atom stereocenters. The van der Waals surface area contributed by atoms with Gasteiger partial charge in [0.15, 0.2) is 5.65 Å². The molecule has 5 aromatic rings. The lowest BCUT2D eigenvalue weighted by Crippen LogP contribution is -1.94. The number of hydrogen-bond donors (Lipinski definition) is 1. The van der Waals surface area contributed by atoms with Crippen LogP contribution in [0.5, 0.6) is 0 Å². The van der Waals surface area contributed by atoms with Crippen LogP contribution in [0.3, 0.4) is 0 Å². The first-order valence-corrected chi connectivity index (χ1v) is 8.23. The number of imidazole rings is 1. The Bertz CT molecular complexity index is 1220. The Balaban J connectivity index is 1.55. The zero-order chi connectivity index (χ0) is 17.5. The average Bonchev–Trinajstić information content (AvgIpc) is 3.25. The summed E-state index contributed by atoms with van der Waals surface area (Å²) in [5.41, 5.74) is 5.41. The molecule has 5 rings (SSSR count). The van der Waals surface area contributed by atoms with Gasteiger partial charge in [0.05, 0.1) is 17.4 Å². The number of anilines is 2. The van der Waals surface area contributed by atoms with Crippen LogP contribution in [0.25, 0.3) is 27.9 Å². The van der Waals surface area contributed by atoms with Gasteiger partial charge in [0.25, 0.3) is 0 Å². The second kappa shape index (κ2) is 5.66. The third kappa shape index (κ3) is 2.37. The molecule has 1 N–H and O–H groups in total. The molecule has 0 bridgehead atoms. The lowest BCUT2D eigenvalue weighted by molar-refractivity contribution is 0.947. The van der Waals surface area contributed by atoms with Crippen molar-refractivity contribution in [3.8, 4) is 11.3 Å². The van der Waals surface area contributed by atoms with Crippen LogP contribution in [0.4, 0.5) is 11.6 Å². The molecular weight excluding hydrogens is 326 g/mol. The van der Waals surface area contributed by atoms with Crippen LogP contribution in [0.15, 0.2) is 67.3 Å². The highest BCUT2D eigenvalue weighted by Gasteiger charge is 2.11. The van der Waals surface area contributed by atoms with Gasteiger partial charge in [-0.3, -0.25) is 4.98 Å². The van der Waals surface area contributed by atoms with Crippen LogP contribution in [0.2, 0.25) is 0 Å². The van der Waals surface area contributed by atoms with Crippen LogP contribution in [-0.4, -0.2) is 29.1 Å². The van der Waals surface area contributed by atoms with Crippen LogP contribution < -0.4 is 5.32 Å². The Kier molecular flexibility index (Phi) is 3.18. The van der Waals surface area contributed by atoms with Crippen molar-refractivity contribution >= 4 is 28.3 Å². The third-order valence-corrected chi connectivity index (χ3v) is 4.28. The molecule has 0 unspecified atom stereocenters. The summed E-state index contributed by atoms with van der Waals surface area (Å²) < 4.78 is 3.72. The van der Waals surface area contributed by atoms with E-state index in [4.69, 9.17) is 0 Å². The molecule has 0 saturated heterocycles. The third-order valence-electron chi connectivity index (χ3n) is 4.28. The van der Waals surface area contributed by atoms with Gasteiger partial charge < -0.3 is 9.88 Å². The van der Waals surface area contributed by atoms with Crippen LogP contribution >= 0.6 is 0 Å². The van der Waals surface area contributed by atoms with E-state index in [9.17, 15) is 0 Å². The zero-order valence-electron chi connectivity index (χ0n) is 14.0. The van der Waals surface area contributed by atoms with Crippen molar-refractivity contribution in [1.29, 1.82) is 0 Å². The standard InChI is InChI=1S/C19H15N7/c1-25-12-21-15-11-14(7-8-16(15)25)22-19-23-18-17(13-5-3-2-4-6-13)20-9-10-26(18)24-19/h2-12H,1H3,(H,22,24). The molecule has 7 heteroatoms. The minimum Gasteiger partial charge on any atom is -0.334 e. The van der Waals surface area contributed by atoms with E-state index in [-0.39, 0.29) is 0 Å². The van der Waals surface area contributed by atoms with Crippen molar-refractivity contribution in [2.24, 2.45) is 7.05 Å². The molecule has 7 nitrogen and oxygen atoms in total. The summed E-state index contributed by atoms with van der Waals surface area (Å²) in [6, 6.07) is 16.0. The van der Waals surface area contributed by atoms with E-state index in [1.54, 1.807) is 23.2 Å². The summed E-state index contributed by atoms with van der Waals surface area (Å²) >= 11 is 0. The van der Waals surface area contributed by atoms with Gasteiger partial charge in [0.2, 0.25) is 5.95 Å². The van der Waals surface area contributed by atoms with Crippen LogP contribution in [-0.2, 0) is 7.05 Å². The fourth-order valence-electron chi connectivity index (χ4n) is 3.01. The van der Waals surface area contributed by atoms with Gasteiger partial charge in [-0.05, 0) is 18.2 Å². The summed E-state index contributed by atoms with van der Waals surface area (Å²) in [6.45, 7) is 0. The minimum absolute atomic E-state index is 0.519. The number of rotatable bonds is 3. The Labute approximate surface area is 149 Å². The molecule has 2 aromatic carbocycles. The number of nitrogens with one attached hydrogen (secondary N) is 1. The molecular formula is C19H15N7. The molecule has 3 heterocycles. The predicted molar refractivity (Wildman–Crippen MR) is 100 cm³/mol. The van der Waals surface area contributed by atoms with Crippen molar-refractivity contribution in [3.05, 3.63) is 67.3 Å². The van der Waals surface area contributed by atoms with Gasteiger partial charge in [-0.1, -0.05) is 30.3 Å². The lowest BCUT2D eigenvalue weighted by Gasteiger charge is -2.01. The monoisotopic (exact) mass is 341 g/mol. The Hall–Kier alpha value is -3.74. The maximum absolute atomic E-state index is 4.62. The highest BCUT2D eigenvalue weighted by atomic mass is 15.4. The SMILES string of the molecule is Cn1cnc2cc(Nc3nc4c(-c5ccccc5)nccn4n3)ccc21. The van der Waals surface area contributed by atoms with Gasteiger partial charge >= 0.3 is 0 Å². The normalized spacial score (nSPS) is 11.3. The van der Waals surface area contributed by atoms with E-state index in [1.807, 2.05) is 60.1 Å². The summed E-state index contributed by atoms with van der Waals surface area (Å²) in [4.78, 5) is 13.5. The molecule has 126 valence electrons. The number of aromatic nitrogens is 6. The van der Waals surface area contributed by atoms with E-state index >= 15 is 0 Å². The quantitative estimate of drug-likeness (QED) is 0.544. The zero-order valence-corrected chi connectivity index (χ0v) is 14.0. The predicted octanol–water partition coefficient (Wildman–Crippen LogP) is 3.42. The second-order valence-corrected chi connectivity index (χ2v) is 6.03. The first kappa shape index (κ1) is 14.6. The average molecular weight is 341 g/mol. The van der Waals surface area contributed by atoms with Gasteiger partial charge in [-0.25, -0.2) is 9.50 Å². The van der Waals surface area contributed by atoms with E-state index < -0.39 is 0 Å².